The number of halogens is 2. The minimum Gasteiger partial charge on any atom is -0.324 e. The molecule has 5 heteroatoms. The van der Waals surface area contributed by atoms with E-state index in [1.54, 1.807) is 0 Å². The number of carbonyl (C=O) groups excluding carboxylic acids is 1. The molecule has 3 nitrogen and oxygen atoms in total. The maximum atomic E-state index is 11.8. The van der Waals surface area contributed by atoms with Gasteiger partial charge in [0, 0.05) is 10.1 Å². The predicted octanol–water partition coefficient (Wildman–Crippen LogP) is 2.49. The van der Waals surface area contributed by atoms with E-state index in [1.165, 1.54) is 0 Å². The first-order valence-corrected chi connectivity index (χ1v) is 6.59. The smallest absolute Gasteiger partial charge is 0.228 e. The maximum absolute atomic E-state index is 11.8. The van der Waals surface area contributed by atoms with Crippen molar-refractivity contribution in [3.63, 3.8) is 0 Å². The molecule has 1 aromatic rings. The Morgan fingerprint density at radius 3 is 3.00 bits per heavy atom. The summed E-state index contributed by atoms with van der Waals surface area (Å²) in [4.78, 5) is 11.8. The molecule has 2 rings (SSSR count). The summed E-state index contributed by atoms with van der Waals surface area (Å²) in [6, 6.07) is 5.60. The number of hydrogen-bond donors (Lipinski definition) is 2. The van der Waals surface area contributed by atoms with E-state index in [1.807, 2.05) is 18.2 Å². The Morgan fingerprint density at radius 2 is 2.38 bits per heavy atom. The standard InChI is InChI=1S/C11H12ClIN2O/c12-9-5-8(13)1-2-10(9)15-11(16)7-3-4-14-6-7/h1-2,5,7,14H,3-4,6H2,(H,15,16). The molecule has 0 saturated carbocycles. The lowest BCUT2D eigenvalue weighted by Crippen LogP contribution is -2.24. The Labute approximate surface area is 113 Å². The lowest BCUT2D eigenvalue weighted by atomic mass is 10.1. The zero-order valence-electron chi connectivity index (χ0n) is 8.59. The molecular weight excluding hydrogens is 338 g/mol. The number of nitrogens with one attached hydrogen (secondary N) is 2. The molecule has 1 aliphatic heterocycles. The monoisotopic (exact) mass is 350 g/mol. The lowest BCUT2D eigenvalue weighted by molar-refractivity contribution is -0.119. The van der Waals surface area contributed by atoms with Crippen molar-refractivity contribution in [2.45, 2.75) is 6.42 Å². The molecule has 86 valence electrons. The van der Waals surface area contributed by atoms with E-state index in [2.05, 4.69) is 33.2 Å². The lowest BCUT2D eigenvalue weighted by Gasteiger charge is -2.11. The molecule has 0 bridgehead atoms. The van der Waals surface area contributed by atoms with Crippen LogP contribution in [0.4, 0.5) is 5.69 Å². The van der Waals surface area contributed by atoms with E-state index >= 15 is 0 Å². The van der Waals surface area contributed by atoms with Gasteiger partial charge < -0.3 is 10.6 Å². The third kappa shape index (κ3) is 2.87. The number of carbonyl (C=O) groups is 1. The van der Waals surface area contributed by atoms with Crippen LogP contribution in [0.2, 0.25) is 5.02 Å². The first kappa shape index (κ1) is 12.1. The van der Waals surface area contributed by atoms with Gasteiger partial charge in [0.15, 0.2) is 0 Å². The minimum atomic E-state index is 0.0492. The summed E-state index contributed by atoms with van der Waals surface area (Å²) in [6.07, 6.45) is 0.897. The summed E-state index contributed by atoms with van der Waals surface area (Å²) in [5.41, 5.74) is 0.694. The molecule has 1 unspecified atom stereocenters. The van der Waals surface area contributed by atoms with Gasteiger partial charge in [-0.25, -0.2) is 0 Å². The van der Waals surface area contributed by atoms with Crippen molar-refractivity contribution >= 4 is 45.8 Å². The SMILES string of the molecule is O=C(Nc1ccc(I)cc1Cl)C1CCNC1. The van der Waals surface area contributed by atoms with Crippen LogP contribution in [-0.4, -0.2) is 19.0 Å². The Morgan fingerprint density at radius 1 is 1.56 bits per heavy atom. The van der Waals surface area contributed by atoms with E-state index < -0.39 is 0 Å². The number of benzene rings is 1. The molecule has 2 N–H and O–H groups in total. The summed E-state index contributed by atoms with van der Waals surface area (Å²) in [5.74, 6) is 0.114. The zero-order valence-corrected chi connectivity index (χ0v) is 11.5. The van der Waals surface area contributed by atoms with Gasteiger partial charge in [-0.1, -0.05) is 11.6 Å². The summed E-state index contributed by atoms with van der Waals surface area (Å²) in [6.45, 7) is 1.67. The fourth-order valence-electron chi connectivity index (χ4n) is 1.70. The van der Waals surface area contributed by atoms with E-state index in [4.69, 9.17) is 11.6 Å². The predicted molar refractivity (Wildman–Crippen MR) is 73.8 cm³/mol. The summed E-state index contributed by atoms with van der Waals surface area (Å²) >= 11 is 8.23. The molecule has 16 heavy (non-hydrogen) atoms. The second-order valence-electron chi connectivity index (χ2n) is 3.80. The zero-order chi connectivity index (χ0) is 11.5. The topological polar surface area (TPSA) is 41.1 Å². The highest BCUT2D eigenvalue weighted by atomic mass is 127. The molecule has 1 heterocycles. The molecule has 0 spiro atoms. The second-order valence-corrected chi connectivity index (χ2v) is 5.46. The van der Waals surface area contributed by atoms with Crippen molar-refractivity contribution in [3.05, 3.63) is 26.8 Å². The van der Waals surface area contributed by atoms with Gasteiger partial charge in [-0.2, -0.15) is 0 Å². The van der Waals surface area contributed by atoms with Crippen molar-refractivity contribution in [2.24, 2.45) is 5.92 Å². The fraction of sp³-hybridized carbons (Fsp3) is 0.364. The molecule has 0 aromatic heterocycles. The van der Waals surface area contributed by atoms with Crippen molar-refractivity contribution in [1.29, 1.82) is 0 Å². The Hall–Kier alpha value is -0.330. The highest BCUT2D eigenvalue weighted by Gasteiger charge is 2.22. The largest absolute Gasteiger partial charge is 0.324 e. The molecule has 1 fully saturated rings. The van der Waals surface area contributed by atoms with Crippen LogP contribution in [0.15, 0.2) is 18.2 Å². The molecule has 1 amide bonds. The van der Waals surface area contributed by atoms with Crippen molar-refractivity contribution < 1.29 is 4.79 Å². The molecule has 0 aliphatic carbocycles. The summed E-state index contributed by atoms with van der Waals surface area (Å²) in [7, 11) is 0. The van der Waals surface area contributed by atoms with Crippen LogP contribution in [0.3, 0.4) is 0 Å². The quantitative estimate of drug-likeness (QED) is 0.805. The third-order valence-electron chi connectivity index (χ3n) is 2.62. The average Bonchev–Trinajstić information content (AvgIpc) is 2.75. The highest BCUT2D eigenvalue weighted by Crippen LogP contribution is 2.24. The molecule has 1 aromatic carbocycles. The van der Waals surface area contributed by atoms with Gasteiger partial charge in [-0.3, -0.25) is 4.79 Å². The minimum absolute atomic E-state index is 0.0492. The number of anilines is 1. The van der Waals surface area contributed by atoms with Crippen LogP contribution < -0.4 is 10.6 Å². The van der Waals surface area contributed by atoms with E-state index in [9.17, 15) is 4.79 Å². The van der Waals surface area contributed by atoms with Crippen molar-refractivity contribution in [3.8, 4) is 0 Å². The van der Waals surface area contributed by atoms with Crippen LogP contribution in [0.25, 0.3) is 0 Å². The maximum Gasteiger partial charge on any atom is 0.228 e. The summed E-state index contributed by atoms with van der Waals surface area (Å²) in [5, 5.41) is 6.62. The Balaban J connectivity index is 2.05. The van der Waals surface area contributed by atoms with Crippen LogP contribution in [0.5, 0.6) is 0 Å². The van der Waals surface area contributed by atoms with E-state index in [0.717, 1.165) is 23.1 Å². The Kier molecular flexibility index (Phi) is 4.05. The molecular formula is C11H12ClIN2O. The van der Waals surface area contributed by atoms with Gasteiger partial charge in [-0.15, -0.1) is 0 Å². The van der Waals surface area contributed by atoms with Crippen LogP contribution in [0, 0.1) is 9.49 Å². The summed E-state index contributed by atoms with van der Waals surface area (Å²) < 4.78 is 1.06. The van der Waals surface area contributed by atoms with Crippen LogP contribution in [0.1, 0.15) is 6.42 Å². The van der Waals surface area contributed by atoms with Crippen molar-refractivity contribution in [1.82, 2.24) is 5.32 Å². The van der Waals surface area contributed by atoms with E-state index in [0.29, 0.717) is 10.7 Å². The third-order valence-corrected chi connectivity index (χ3v) is 3.60. The fourth-order valence-corrected chi connectivity index (χ4v) is 2.61. The molecule has 0 radical (unpaired) electrons. The molecule has 1 saturated heterocycles. The number of amides is 1. The highest BCUT2D eigenvalue weighted by molar-refractivity contribution is 14.1. The van der Waals surface area contributed by atoms with Crippen LogP contribution >= 0.6 is 34.2 Å². The second kappa shape index (κ2) is 5.33. The van der Waals surface area contributed by atoms with Gasteiger partial charge in [0.05, 0.1) is 16.6 Å². The van der Waals surface area contributed by atoms with Gasteiger partial charge in [0.2, 0.25) is 5.91 Å². The van der Waals surface area contributed by atoms with Gasteiger partial charge >= 0.3 is 0 Å². The molecule has 1 atom stereocenters. The normalized spacial score (nSPS) is 19.8. The Bertz CT molecular complexity index is 405. The van der Waals surface area contributed by atoms with Gasteiger partial charge in [0.1, 0.15) is 0 Å². The van der Waals surface area contributed by atoms with E-state index in [-0.39, 0.29) is 11.8 Å². The van der Waals surface area contributed by atoms with Gasteiger partial charge in [-0.05, 0) is 53.8 Å². The van der Waals surface area contributed by atoms with Gasteiger partial charge in [0.25, 0.3) is 0 Å². The average molecular weight is 351 g/mol. The van der Waals surface area contributed by atoms with Crippen LogP contribution in [-0.2, 0) is 4.79 Å². The van der Waals surface area contributed by atoms with Crippen molar-refractivity contribution in [2.75, 3.05) is 18.4 Å². The first-order valence-electron chi connectivity index (χ1n) is 5.13. The first-order chi connectivity index (χ1) is 7.66. The number of hydrogen-bond acceptors (Lipinski definition) is 2. The number of rotatable bonds is 2. The molecule has 1 aliphatic rings.